The van der Waals surface area contributed by atoms with Gasteiger partial charge in [-0.25, -0.2) is 4.98 Å². The molecule has 0 saturated carbocycles. The van der Waals surface area contributed by atoms with E-state index in [-0.39, 0.29) is 32.5 Å². The summed E-state index contributed by atoms with van der Waals surface area (Å²) in [5.41, 5.74) is 14.8. The van der Waals surface area contributed by atoms with Gasteiger partial charge in [0, 0.05) is 101 Å². The number of nitrogens with zero attached hydrogens (tertiary/aromatic N) is 6. The lowest BCUT2D eigenvalue weighted by atomic mass is 9.88. The zero-order chi connectivity index (χ0) is 51.1. The number of pyridine rings is 5. The molecule has 0 fully saturated rings. The van der Waals surface area contributed by atoms with E-state index in [9.17, 15) is 0 Å². The Balaban J connectivity index is 0.000000396. The number of rotatable bonds is 0. The van der Waals surface area contributed by atoms with Crippen molar-refractivity contribution in [1.82, 2.24) is 29.9 Å². The average Bonchev–Trinajstić information content (AvgIpc) is 3.63. The van der Waals surface area contributed by atoms with E-state index in [1.165, 1.54) is 16.3 Å². The predicted octanol–water partition coefficient (Wildman–Crippen LogP) is 16.5. The van der Waals surface area contributed by atoms with Gasteiger partial charge in [0.05, 0.1) is 5.01 Å². The van der Waals surface area contributed by atoms with Crippen molar-refractivity contribution < 1.29 is 0 Å². The normalized spacial score (nSPS) is 11.7. The molecule has 362 valence electrons. The molecule has 6 aromatic rings. The maximum Gasteiger partial charge on any atom is 0.0981 e. The molecule has 6 heterocycles. The minimum atomic E-state index is 0.163. The molecule has 6 nitrogen and oxygen atoms in total. The van der Waals surface area contributed by atoms with Crippen molar-refractivity contribution in [2.45, 2.75) is 206 Å². The number of aromatic nitrogens is 6. The third-order valence-electron chi connectivity index (χ3n) is 9.83. The van der Waals surface area contributed by atoms with Crippen molar-refractivity contribution in [1.29, 1.82) is 0 Å². The van der Waals surface area contributed by atoms with Crippen LogP contribution in [0, 0.1) is 48.5 Å². The Bertz CT molecular complexity index is 2120. The number of hydrogen-bond donors (Lipinski definition) is 0. The van der Waals surface area contributed by atoms with E-state index >= 15 is 0 Å². The Kier molecular flexibility index (Phi) is 22.5. The van der Waals surface area contributed by atoms with Gasteiger partial charge in [0.15, 0.2) is 0 Å². The first-order valence-electron chi connectivity index (χ1n) is 23.5. The molecule has 6 rings (SSSR count). The van der Waals surface area contributed by atoms with Crippen LogP contribution in [0.1, 0.15) is 198 Å². The van der Waals surface area contributed by atoms with Crippen molar-refractivity contribution in [3.8, 4) is 0 Å². The van der Waals surface area contributed by atoms with E-state index in [0.29, 0.717) is 0 Å². The average molecular weight is 915 g/mol. The van der Waals surface area contributed by atoms with Crippen molar-refractivity contribution in [3.05, 3.63) is 164 Å². The van der Waals surface area contributed by atoms with Gasteiger partial charge in [-0.15, -0.1) is 11.3 Å². The second-order valence-electron chi connectivity index (χ2n) is 23.6. The highest BCUT2D eigenvalue weighted by Gasteiger charge is 2.19. The monoisotopic (exact) mass is 915 g/mol. The molecule has 0 unspecified atom stereocenters. The van der Waals surface area contributed by atoms with Crippen LogP contribution in [0.5, 0.6) is 0 Å². The van der Waals surface area contributed by atoms with Crippen LogP contribution in [0.2, 0.25) is 0 Å². The summed E-state index contributed by atoms with van der Waals surface area (Å²) in [6.45, 7) is 53.5. The first kappa shape index (κ1) is 59.4. The summed E-state index contributed by atoms with van der Waals surface area (Å²) >= 11 is 1.75. The molecule has 0 bridgehead atoms. The molecule has 0 spiro atoms. The van der Waals surface area contributed by atoms with E-state index in [2.05, 4.69) is 227 Å². The first-order valence-corrected chi connectivity index (χ1v) is 24.4. The molecule has 0 atom stereocenters. The molecule has 6 aromatic heterocycles. The quantitative estimate of drug-likeness (QED) is 0.151. The van der Waals surface area contributed by atoms with Gasteiger partial charge in [0.2, 0.25) is 0 Å². The maximum absolute atomic E-state index is 4.54. The molecule has 0 aliphatic rings. The molecule has 66 heavy (non-hydrogen) atoms. The van der Waals surface area contributed by atoms with Gasteiger partial charge in [0.25, 0.3) is 0 Å². The highest BCUT2D eigenvalue weighted by Crippen LogP contribution is 2.26. The fourth-order valence-electron chi connectivity index (χ4n) is 5.93. The standard InChI is InChI=1S/C11H17N.4C10H15N.C8H13NS/c1-8-6-7-9(2)12-10(8)11(3,4)5;4*1-8-6-5-7-9(11-8)10(2,3)4;1-6-5-10-7(9-6)8(2,3)4/h6-7H,1-5H3;4*5-7H,1-4H3;5H,1-4H3. The smallest absolute Gasteiger partial charge is 0.0981 e. The first-order chi connectivity index (χ1) is 29.9. The Morgan fingerprint density at radius 2 is 0.576 bits per heavy atom. The summed E-state index contributed by atoms with van der Waals surface area (Å²) in [5.74, 6) is 0. The minimum absolute atomic E-state index is 0.163. The Hall–Kier alpha value is -4.62. The summed E-state index contributed by atoms with van der Waals surface area (Å²) in [7, 11) is 0. The van der Waals surface area contributed by atoms with Gasteiger partial charge in [-0.2, -0.15) is 0 Å². The molecule has 0 saturated heterocycles. The van der Waals surface area contributed by atoms with Crippen LogP contribution in [-0.2, 0) is 32.5 Å². The lowest BCUT2D eigenvalue weighted by molar-refractivity contribution is 0.562. The van der Waals surface area contributed by atoms with Crippen LogP contribution in [-0.4, -0.2) is 29.9 Å². The predicted molar refractivity (Wildman–Crippen MR) is 289 cm³/mol. The zero-order valence-electron chi connectivity index (χ0n) is 46.3. The van der Waals surface area contributed by atoms with Crippen LogP contribution in [0.25, 0.3) is 0 Å². The van der Waals surface area contributed by atoms with Crippen LogP contribution in [0.4, 0.5) is 0 Å². The molecule has 0 amide bonds. The number of aryl methyl sites for hydroxylation is 7. The Morgan fingerprint density at radius 1 is 0.288 bits per heavy atom. The van der Waals surface area contributed by atoms with Crippen molar-refractivity contribution in [2.24, 2.45) is 0 Å². The van der Waals surface area contributed by atoms with Gasteiger partial charge in [-0.3, -0.25) is 24.9 Å². The molecule has 0 aliphatic heterocycles. The summed E-state index contributed by atoms with van der Waals surface area (Å²) in [6.07, 6.45) is 0. The van der Waals surface area contributed by atoms with Crippen LogP contribution in [0.3, 0.4) is 0 Å². The van der Waals surface area contributed by atoms with Gasteiger partial charge >= 0.3 is 0 Å². The third-order valence-corrected chi connectivity index (χ3v) is 11.2. The highest BCUT2D eigenvalue weighted by atomic mass is 32.1. The van der Waals surface area contributed by atoms with E-state index in [4.69, 9.17) is 0 Å². The topological polar surface area (TPSA) is 77.3 Å². The van der Waals surface area contributed by atoms with E-state index < -0.39 is 0 Å². The van der Waals surface area contributed by atoms with Crippen molar-refractivity contribution >= 4 is 11.3 Å². The number of thiazole rings is 1. The lowest BCUT2D eigenvalue weighted by Gasteiger charge is -2.20. The summed E-state index contributed by atoms with van der Waals surface area (Å²) < 4.78 is 0. The van der Waals surface area contributed by atoms with Gasteiger partial charge < -0.3 is 0 Å². The SMILES string of the molecule is Cc1ccc(C)c(C(C)(C)C)n1.Cc1cccc(C(C)(C)C)n1.Cc1cccc(C(C)(C)C)n1.Cc1cccc(C(C)(C)C)n1.Cc1cccc(C(C)(C)C)n1.Cc1csc(C(C)(C)C)n1. The highest BCUT2D eigenvalue weighted by molar-refractivity contribution is 7.09. The lowest BCUT2D eigenvalue weighted by Crippen LogP contribution is -2.15. The molecular weight excluding hydrogens is 825 g/mol. The van der Waals surface area contributed by atoms with Crippen LogP contribution in [0.15, 0.2) is 90.3 Å². The van der Waals surface area contributed by atoms with E-state index in [1.807, 2.05) is 65.8 Å². The molecule has 0 aliphatic carbocycles. The van der Waals surface area contributed by atoms with Crippen LogP contribution < -0.4 is 0 Å². The summed E-state index contributed by atoms with van der Waals surface area (Å²) in [6, 6.07) is 28.8. The summed E-state index contributed by atoms with van der Waals surface area (Å²) in [4.78, 5) is 26.7. The molecule has 0 N–H and O–H groups in total. The molecule has 0 aromatic carbocycles. The van der Waals surface area contributed by atoms with Gasteiger partial charge in [0.1, 0.15) is 0 Å². The summed E-state index contributed by atoms with van der Waals surface area (Å²) in [5, 5.41) is 3.32. The largest absolute Gasteiger partial charge is 0.258 e. The molecular formula is C59H90N6S. The Morgan fingerprint density at radius 3 is 0.742 bits per heavy atom. The molecule has 0 radical (unpaired) electrons. The molecule has 7 heteroatoms. The van der Waals surface area contributed by atoms with Crippen molar-refractivity contribution in [3.63, 3.8) is 0 Å². The van der Waals surface area contributed by atoms with Gasteiger partial charge in [-0.05, 0) is 109 Å². The second-order valence-corrected chi connectivity index (χ2v) is 24.4. The second kappa shape index (κ2) is 24.9. The van der Waals surface area contributed by atoms with E-state index in [1.54, 1.807) is 11.3 Å². The van der Waals surface area contributed by atoms with Gasteiger partial charge in [-0.1, -0.05) is 155 Å². The third kappa shape index (κ3) is 23.2. The zero-order valence-corrected chi connectivity index (χ0v) is 47.1. The fourth-order valence-corrected chi connectivity index (χ4v) is 6.81. The minimum Gasteiger partial charge on any atom is -0.258 e. The number of hydrogen-bond acceptors (Lipinski definition) is 7. The van der Waals surface area contributed by atoms with Crippen LogP contribution >= 0.6 is 11.3 Å². The van der Waals surface area contributed by atoms with Crippen molar-refractivity contribution in [2.75, 3.05) is 0 Å². The maximum atomic E-state index is 4.54. The fraction of sp³-hybridized carbons (Fsp3) is 0.525. The Labute approximate surface area is 408 Å². The van der Waals surface area contributed by atoms with E-state index in [0.717, 1.165) is 56.9 Å².